The molecule has 0 heterocycles. The summed E-state index contributed by atoms with van der Waals surface area (Å²) in [7, 11) is -2.05. The van der Waals surface area contributed by atoms with Gasteiger partial charge in [0.1, 0.15) is 0 Å². The Kier molecular flexibility index (Phi) is 4.70. The first-order valence-electron chi connectivity index (χ1n) is 5.87. The van der Waals surface area contributed by atoms with Gasteiger partial charge in [0.15, 0.2) is 0 Å². The van der Waals surface area contributed by atoms with Crippen molar-refractivity contribution in [1.82, 2.24) is 4.31 Å². The summed E-state index contributed by atoms with van der Waals surface area (Å²) in [6, 6.07) is 13.3. The summed E-state index contributed by atoms with van der Waals surface area (Å²) in [6.07, 6.45) is 0. The van der Waals surface area contributed by atoms with Crippen LogP contribution in [0.25, 0.3) is 0 Å². The normalized spacial score (nSPS) is 11.8. The first-order valence-corrected chi connectivity index (χ1v) is 8.07. The van der Waals surface area contributed by atoms with Crippen LogP contribution in [0.4, 0.5) is 0 Å². The summed E-state index contributed by atoms with van der Waals surface area (Å²) >= 11 is 12.1. The lowest BCUT2D eigenvalue weighted by atomic mass is 10.2. The molecule has 0 spiro atoms. The Morgan fingerprint density at radius 2 is 1.50 bits per heavy atom. The van der Waals surface area contributed by atoms with Gasteiger partial charge in [0.05, 0.1) is 4.90 Å². The first-order chi connectivity index (χ1) is 9.43. The molecule has 2 aromatic rings. The van der Waals surface area contributed by atoms with E-state index in [1.807, 2.05) is 0 Å². The molecule has 0 aliphatic rings. The first kappa shape index (κ1) is 15.3. The van der Waals surface area contributed by atoms with Gasteiger partial charge in [0.25, 0.3) is 0 Å². The molecule has 3 nitrogen and oxygen atoms in total. The Balaban J connectivity index is 2.31. The highest BCUT2D eigenvalue weighted by Crippen LogP contribution is 2.27. The van der Waals surface area contributed by atoms with Crippen molar-refractivity contribution in [3.05, 3.63) is 64.1 Å². The van der Waals surface area contributed by atoms with Crippen LogP contribution >= 0.6 is 23.2 Å². The molecule has 106 valence electrons. The lowest BCUT2D eigenvalue weighted by Gasteiger charge is -2.18. The fourth-order valence-corrected chi connectivity index (χ4v) is 3.44. The predicted molar refractivity (Wildman–Crippen MR) is 81.6 cm³/mol. The molecule has 0 bridgehead atoms. The molecular formula is C14H13Cl2NO2S. The molecule has 0 N–H and O–H groups in total. The van der Waals surface area contributed by atoms with Crippen molar-refractivity contribution in [3.63, 3.8) is 0 Å². The summed E-state index contributed by atoms with van der Waals surface area (Å²) in [5.74, 6) is 0. The van der Waals surface area contributed by atoms with Crippen LogP contribution in [-0.2, 0) is 16.6 Å². The minimum atomic E-state index is -3.55. The van der Waals surface area contributed by atoms with Crippen LogP contribution in [0.15, 0.2) is 53.4 Å². The Hall–Kier alpha value is -1.07. The summed E-state index contributed by atoms with van der Waals surface area (Å²) in [5.41, 5.74) is 0.595. The highest BCUT2D eigenvalue weighted by molar-refractivity contribution is 7.89. The third-order valence-corrected chi connectivity index (χ3v) is 5.42. The van der Waals surface area contributed by atoms with Gasteiger partial charge in [0.2, 0.25) is 10.0 Å². The zero-order valence-electron chi connectivity index (χ0n) is 10.8. The van der Waals surface area contributed by atoms with Gasteiger partial charge in [-0.2, -0.15) is 4.31 Å². The molecule has 0 radical (unpaired) electrons. The molecule has 0 aromatic heterocycles. The van der Waals surface area contributed by atoms with Crippen LogP contribution in [-0.4, -0.2) is 19.8 Å². The third kappa shape index (κ3) is 3.15. The second-order valence-electron chi connectivity index (χ2n) is 4.27. The summed E-state index contributed by atoms with van der Waals surface area (Å²) in [6.45, 7) is 0.121. The van der Waals surface area contributed by atoms with Crippen molar-refractivity contribution in [1.29, 1.82) is 0 Å². The average molecular weight is 330 g/mol. The van der Waals surface area contributed by atoms with Crippen LogP contribution < -0.4 is 0 Å². The highest BCUT2D eigenvalue weighted by Gasteiger charge is 2.22. The minimum Gasteiger partial charge on any atom is -0.207 e. The zero-order valence-corrected chi connectivity index (χ0v) is 13.1. The molecule has 0 atom stereocenters. The lowest BCUT2D eigenvalue weighted by molar-refractivity contribution is 0.467. The van der Waals surface area contributed by atoms with Crippen molar-refractivity contribution in [2.24, 2.45) is 0 Å². The standard InChI is InChI=1S/C14H13Cl2NO2S/c1-17(10-12-13(15)8-5-9-14(12)16)20(18,19)11-6-3-2-4-7-11/h2-9H,10H2,1H3. The van der Waals surface area contributed by atoms with E-state index < -0.39 is 10.0 Å². The smallest absolute Gasteiger partial charge is 0.207 e. The molecule has 6 heteroatoms. The molecule has 0 aliphatic carbocycles. The topological polar surface area (TPSA) is 37.4 Å². The fraction of sp³-hybridized carbons (Fsp3) is 0.143. The molecule has 0 saturated heterocycles. The van der Waals surface area contributed by atoms with Crippen molar-refractivity contribution >= 4 is 33.2 Å². The number of rotatable bonds is 4. The largest absolute Gasteiger partial charge is 0.243 e. The number of hydrogen-bond donors (Lipinski definition) is 0. The van der Waals surface area contributed by atoms with Gasteiger partial charge in [-0.25, -0.2) is 8.42 Å². The molecule has 0 aliphatic heterocycles. The molecular weight excluding hydrogens is 317 g/mol. The van der Waals surface area contributed by atoms with Crippen molar-refractivity contribution < 1.29 is 8.42 Å². The molecule has 0 unspecified atom stereocenters. The summed E-state index contributed by atoms with van der Waals surface area (Å²) < 4.78 is 26.0. The quantitative estimate of drug-likeness (QED) is 0.855. The number of nitrogens with zero attached hydrogens (tertiary/aromatic N) is 1. The monoisotopic (exact) mass is 329 g/mol. The fourth-order valence-electron chi connectivity index (χ4n) is 1.76. The van der Waals surface area contributed by atoms with Crippen molar-refractivity contribution in [3.8, 4) is 0 Å². The van der Waals surface area contributed by atoms with Gasteiger partial charge in [0, 0.05) is 29.2 Å². The van der Waals surface area contributed by atoms with Gasteiger partial charge < -0.3 is 0 Å². The highest BCUT2D eigenvalue weighted by atomic mass is 35.5. The van der Waals surface area contributed by atoms with Crippen LogP contribution in [0.5, 0.6) is 0 Å². The number of halogens is 2. The average Bonchev–Trinajstić information content (AvgIpc) is 2.43. The molecule has 0 saturated carbocycles. The van der Waals surface area contributed by atoms with Crippen molar-refractivity contribution in [2.75, 3.05) is 7.05 Å². The van der Waals surface area contributed by atoms with E-state index in [9.17, 15) is 8.42 Å². The Morgan fingerprint density at radius 3 is 2.05 bits per heavy atom. The predicted octanol–water partition coefficient (Wildman–Crippen LogP) is 3.81. The number of hydrogen-bond acceptors (Lipinski definition) is 2. The molecule has 20 heavy (non-hydrogen) atoms. The molecule has 0 fully saturated rings. The maximum atomic E-state index is 12.4. The maximum Gasteiger partial charge on any atom is 0.243 e. The molecule has 2 rings (SSSR count). The van der Waals surface area contributed by atoms with Crippen molar-refractivity contribution in [2.45, 2.75) is 11.4 Å². The molecule has 0 amide bonds. The third-order valence-electron chi connectivity index (χ3n) is 2.89. The van der Waals surface area contributed by atoms with E-state index in [1.165, 1.54) is 11.4 Å². The maximum absolute atomic E-state index is 12.4. The second kappa shape index (κ2) is 6.14. The van der Waals surface area contributed by atoms with E-state index in [0.717, 1.165) is 0 Å². The number of sulfonamides is 1. The van der Waals surface area contributed by atoms with Crippen LogP contribution in [0.2, 0.25) is 10.0 Å². The van der Waals surface area contributed by atoms with E-state index in [4.69, 9.17) is 23.2 Å². The Morgan fingerprint density at radius 1 is 0.950 bits per heavy atom. The zero-order chi connectivity index (χ0) is 14.8. The van der Waals surface area contributed by atoms with Crippen LogP contribution in [0.3, 0.4) is 0 Å². The summed E-state index contributed by atoms with van der Waals surface area (Å²) in [5, 5.41) is 0.903. The van der Waals surface area contributed by atoms with Crippen LogP contribution in [0.1, 0.15) is 5.56 Å². The van der Waals surface area contributed by atoms with E-state index in [1.54, 1.807) is 48.5 Å². The van der Waals surface area contributed by atoms with Gasteiger partial charge in [-0.1, -0.05) is 47.5 Å². The van der Waals surface area contributed by atoms with Gasteiger partial charge in [-0.05, 0) is 24.3 Å². The Labute approximate surface area is 128 Å². The van der Waals surface area contributed by atoms with Crippen LogP contribution in [0, 0.1) is 0 Å². The SMILES string of the molecule is CN(Cc1c(Cl)cccc1Cl)S(=O)(=O)c1ccccc1. The van der Waals surface area contributed by atoms with Gasteiger partial charge in [-0.15, -0.1) is 0 Å². The second-order valence-corrected chi connectivity index (χ2v) is 7.13. The minimum absolute atomic E-state index is 0.121. The van der Waals surface area contributed by atoms with Gasteiger partial charge in [-0.3, -0.25) is 0 Å². The molecule has 2 aromatic carbocycles. The van der Waals surface area contributed by atoms with E-state index in [-0.39, 0.29) is 11.4 Å². The number of benzene rings is 2. The lowest BCUT2D eigenvalue weighted by Crippen LogP contribution is -2.26. The van der Waals surface area contributed by atoms with E-state index in [0.29, 0.717) is 15.6 Å². The van der Waals surface area contributed by atoms with E-state index >= 15 is 0 Å². The van der Waals surface area contributed by atoms with Gasteiger partial charge >= 0.3 is 0 Å². The van der Waals surface area contributed by atoms with E-state index in [2.05, 4.69) is 0 Å². The summed E-state index contributed by atoms with van der Waals surface area (Å²) in [4.78, 5) is 0.241. The Bertz CT molecular complexity index is 682.